The Kier molecular flexibility index (Phi) is 7.13. The molecule has 0 aliphatic rings. The van der Waals surface area contributed by atoms with Crippen molar-refractivity contribution in [2.24, 2.45) is 0 Å². The molecule has 1 amide bonds. The molecule has 156 valence electrons. The number of aliphatic carboxylic acids is 1. The highest BCUT2D eigenvalue weighted by molar-refractivity contribution is 7.98. The van der Waals surface area contributed by atoms with Crippen molar-refractivity contribution in [1.29, 1.82) is 0 Å². The summed E-state index contributed by atoms with van der Waals surface area (Å²) < 4.78 is 10.8. The lowest BCUT2D eigenvalue weighted by atomic mass is 10.0. The number of thioether (sulfide) groups is 1. The van der Waals surface area contributed by atoms with E-state index in [1.54, 1.807) is 18.2 Å². The maximum absolute atomic E-state index is 12.1. The van der Waals surface area contributed by atoms with E-state index in [0.717, 1.165) is 16.5 Å². The summed E-state index contributed by atoms with van der Waals surface area (Å²) in [6.07, 6.45) is 2.19. The van der Waals surface area contributed by atoms with Crippen molar-refractivity contribution in [3.05, 3.63) is 65.0 Å². The van der Waals surface area contributed by atoms with Crippen LogP contribution in [0.3, 0.4) is 0 Å². The zero-order valence-corrected chi connectivity index (χ0v) is 17.1. The molecule has 0 saturated carbocycles. The number of benzene rings is 2. The Labute approximate surface area is 177 Å². The second kappa shape index (κ2) is 9.98. The van der Waals surface area contributed by atoms with E-state index in [1.165, 1.54) is 17.8 Å². The average molecular weight is 427 g/mol. The van der Waals surface area contributed by atoms with Crippen molar-refractivity contribution >= 4 is 34.6 Å². The summed E-state index contributed by atoms with van der Waals surface area (Å²) in [4.78, 5) is 35.3. The predicted molar refractivity (Wildman–Crippen MR) is 116 cm³/mol. The molecule has 7 nitrogen and oxygen atoms in total. The number of carboxylic acid groups (broad SMARTS) is 1. The van der Waals surface area contributed by atoms with E-state index >= 15 is 0 Å². The minimum absolute atomic E-state index is 0.325. The second-order valence-electron chi connectivity index (χ2n) is 6.53. The van der Waals surface area contributed by atoms with Gasteiger partial charge in [-0.25, -0.2) is 9.59 Å². The number of hydrogen-bond acceptors (Lipinski definition) is 6. The standard InChI is InChI=1S/C22H21NO6S/c1-30-10-9-18(22(26)27)23-20(24)13-28-15-7-8-16-17(14-5-3-2-4-6-14)12-21(25)29-19(16)11-15/h2-8,11-12,18H,9-10,13H2,1H3,(H,23,24)(H,26,27). The molecule has 0 radical (unpaired) electrons. The summed E-state index contributed by atoms with van der Waals surface area (Å²) in [5, 5.41) is 12.4. The monoisotopic (exact) mass is 427 g/mol. The van der Waals surface area contributed by atoms with E-state index in [1.807, 2.05) is 36.6 Å². The fourth-order valence-corrected chi connectivity index (χ4v) is 3.44. The van der Waals surface area contributed by atoms with Gasteiger partial charge < -0.3 is 19.6 Å². The molecule has 0 fully saturated rings. The van der Waals surface area contributed by atoms with Crippen LogP contribution in [0.4, 0.5) is 0 Å². The summed E-state index contributed by atoms with van der Waals surface area (Å²) in [6, 6.07) is 14.9. The third-order valence-corrected chi connectivity index (χ3v) is 5.06. The van der Waals surface area contributed by atoms with Gasteiger partial charge in [-0.15, -0.1) is 0 Å². The summed E-state index contributed by atoms with van der Waals surface area (Å²) in [6.45, 7) is -0.350. The normalized spacial score (nSPS) is 11.8. The number of carbonyl (C=O) groups excluding carboxylic acids is 1. The average Bonchev–Trinajstić information content (AvgIpc) is 2.74. The van der Waals surface area contributed by atoms with Crippen molar-refractivity contribution in [2.45, 2.75) is 12.5 Å². The molecule has 0 spiro atoms. The van der Waals surface area contributed by atoms with Crippen LogP contribution in [0.2, 0.25) is 0 Å². The molecule has 3 aromatic rings. The van der Waals surface area contributed by atoms with Crippen molar-refractivity contribution in [2.75, 3.05) is 18.6 Å². The van der Waals surface area contributed by atoms with Gasteiger partial charge in [-0.05, 0) is 41.7 Å². The van der Waals surface area contributed by atoms with Crippen LogP contribution in [-0.4, -0.2) is 41.6 Å². The Morgan fingerprint density at radius 1 is 1.17 bits per heavy atom. The van der Waals surface area contributed by atoms with Crippen molar-refractivity contribution in [3.8, 4) is 16.9 Å². The molecule has 0 aliphatic heterocycles. The number of nitrogens with one attached hydrogen (secondary N) is 1. The Bertz CT molecular complexity index is 1100. The molecule has 2 aromatic carbocycles. The largest absolute Gasteiger partial charge is 0.484 e. The van der Waals surface area contributed by atoms with Gasteiger partial charge in [-0.3, -0.25) is 4.79 Å². The van der Waals surface area contributed by atoms with Crippen LogP contribution in [0.15, 0.2) is 63.8 Å². The second-order valence-corrected chi connectivity index (χ2v) is 7.52. The van der Waals surface area contributed by atoms with E-state index < -0.39 is 23.5 Å². The molecule has 1 atom stereocenters. The van der Waals surface area contributed by atoms with Gasteiger partial charge >= 0.3 is 11.6 Å². The zero-order chi connectivity index (χ0) is 21.5. The lowest BCUT2D eigenvalue weighted by Gasteiger charge is -2.14. The van der Waals surface area contributed by atoms with Gasteiger partial charge in [0.1, 0.15) is 17.4 Å². The Morgan fingerprint density at radius 2 is 1.93 bits per heavy atom. The topological polar surface area (TPSA) is 106 Å². The van der Waals surface area contributed by atoms with Crippen molar-refractivity contribution < 1.29 is 23.8 Å². The molecule has 1 aromatic heterocycles. The molecular weight excluding hydrogens is 406 g/mol. The highest BCUT2D eigenvalue weighted by Crippen LogP contribution is 2.29. The fourth-order valence-electron chi connectivity index (χ4n) is 2.97. The first kappa shape index (κ1) is 21.4. The van der Waals surface area contributed by atoms with Crippen LogP contribution in [0, 0.1) is 0 Å². The Balaban J connectivity index is 1.74. The molecule has 0 bridgehead atoms. The van der Waals surface area contributed by atoms with Crippen molar-refractivity contribution in [3.63, 3.8) is 0 Å². The zero-order valence-electron chi connectivity index (χ0n) is 16.3. The maximum Gasteiger partial charge on any atom is 0.336 e. The fraction of sp³-hybridized carbons (Fsp3) is 0.227. The molecular formula is C22H21NO6S. The van der Waals surface area contributed by atoms with Gasteiger partial charge in [-0.1, -0.05) is 30.3 Å². The quantitative estimate of drug-likeness (QED) is 0.505. The van der Waals surface area contributed by atoms with Gasteiger partial charge in [-0.2, -0.15) is 11.8 Å². The van der Waals surface area contributed by atoms with Gasteiger partial charge in [0.05, 0.1) is 0 Å². The number of hydrogen-bond donors (Lipinski definition) is 2. The summed E-state index contributed by atoms with van der Waals surface area (Å²) in [7, 11) is 0. The van der Waals surface area contributed by atoms with Crippen LogP contribution in [-0.2, 0) is 9.59 Å². The molecule has 1 heterocycles. The minimum atomic E-state index is -1.08. The van der Waals surface area contributed by atoms with Crippen LogP contribution in [0.5, 0.6) is 5.75 Å². The van der Waals surface area contributed by atoms with E-state index in [-0.39, 0.29) is 6.61 Å². The molecule has 8 heteroatoms. The highest BCUT2D eigenvalue weighted by Gasteiger charge is 2.19. The number of carbonyl (C=O) groups is 2. The summed E-state index contributed by atoms with van der Waals surface area (Å²) >= 11 is 1.50. The Hall–Kier alpha value is -3.26. The third-order valence-electron chi connectivity index (χ3n) is 4.41. The molecule has 2 N–H and O–H groups in total. The smallest absolute Gasteiger partial charge is 0.336 e. The van der Waals surface area contributed by atoms with Crippen LogP contribution in [0.1, 0.15) is 6.42 Å². The maximum atomic E-state index is 12.1. The molecule has 0 aliphatic carbocycles. The first-order chi connectivity index (χ1) is 14.5. The van der Waals surface area contributed by atoms with E-state index in [4.69, 9.17) is 9.15 Å². The van der Waals surface area contributed by atoms with Gasteiger partial charge in [0, 0.05) is 17.5 Å². The highest BCUT2D eigenvalue weighted by atomic mass is 32.2. The van der Waals surface area contributed by atoms with Crippen molar-refractivity contribution in [1.82, 2.24) is 5.32 Å². The number of fused-ring (bicyclic) bond motifs is 1. The number of ether oxygens (including phenoxy) is 1. The lowest BCUT2D eigenvalue weighted by molar-refractivity contribution is -0.142. The van der Waals surface area contributed by atoms with Gasteiger partial charge in [0.2, 0.25) is 0 Å². The first-order valence-electron chi connectivity index (χ1n) is 9.25. The lowest BCUT2D eigenvalue weighted by Crippen LogP contribution is -2.43. The van der Waals surface area contributed by atoms with Gasteiger partial charge in [0.15, 0.2) is 6.61 Å². The van der Waals surface area contributed by atoms with E-state index in [0.29, 0.717) is 23.5 Å². The minimum Gasteiger partial charge on any atom is -0.484 e. The van der Waals surface area contributed by atoms with Gasteiger partial charge in [0.25, 0.3) is 5.91 Å². The van der Waals surface area contributed by atoms with Crippen LogP contribution >= 0.6 is 11.8 Å². The predicted octanol–water partition coefficient (Wildman–Crippen LogP) is 3.16. The summed E-state index contributed by atoms with van der Waals surface area (Å²) in [5.74, 6) is -0.672. The molecule has 1 unspecified atom stereocenters. The van der Waals surface area contributed by atoms with Crippen LogP contribution < -0.4 is 15.7 Å². The van der Waals surface area contributed by atoms with E-state index in [2.05, 4.69) is 5.32 Å². The molecule has 30 heavy (non-hydrogen) atoms. The Morgan fingerprint density at radius 3 is 2.63 bits per heavy atom. The first-order valence-corrected chi connectivity index (χ1v) is 10.6. The number of amides is 1. The third kappa shape index (κ3) is 5.42. The molecule has 3 rings (SSSR count). The number of carboxylic acids is 1. The van der Waals surface area contributed by atoms with Crippen LogP contribution in [0.25, 0.3) is 22.1 Å². The SMILES string of the molecule is CSCCC(NC(=O)COc1ccc2c(-c3ccccc3)cc(=O)oc2c1)C(=O)O. The van der Waals surface area contributed by atoms with E-state index in [9.17, 15) is 19.5 Å². The molecule has 0 saturated heterocycles. The number of rotatable bonds is 9. The summed E-state index contributed by atoms with van der Waals surface area (Å²) in [5.41, 5.74) is 1.47.